The van der Waals surface area contributed by atoms with Crippen LogP contribution >= 0.6 is 0 Å². The van der Waals surface area contributed by atoms with Gasteiger partial charge in [0, 0.05) is 11.1 Å². The highest BCUT2D eigenvalue weighted by molar-refractivity contribution is 5.77. The number of alkyl halides is 2. The molecule has 0 bridgehead atoms. The zero-order chi connectivity index (χ0) is 10.7. The molecule has 0 unspecified atom stereocenters. The molecule has 0 aliphatic rings. The second-order valence-corrected chi connectivity index (χ2v) is 3.46. The molecule has 0 atom stereocenters. The summed E-state index contributed by atoms with van der Waals surface area (Å²) in [7, 11) is 0. The largest absolute Gasteiger partial charge is 0.298 e. The molecule has 76 valence electrons. The number of halogens is 2. The van der Waals surface area contributed by atoms with Crippen molar-refractivity contribution in [2.24, 2.45) is 0 Å². The molecule has 0 amide bonds. The Hall–Kier alpha value is -1.25. The molecule has 0 heterocycles. The van der Waals surface area contributed by atoms with Crippen LogP contribution in [0.4, 0.5) is 8.78 Å². The summed E-state index contributed by atoms with van der Waals surface area (Å²) in [5, 5.41) is 0. The van der Waals surface area contributed by atoms with Crippen LogP contribution in [-0.2, 0) is 0 Å². The first kappa shape index (κ1) is 10.8. The molecule has 1 nitrogen and oxygen atoms in total. The standard InChI is InChI=1S/C11H12F2O/c1-7(2)8-3-4-9(6-14)10(5-8)11(12)13/h3-7,11H,1-2H3. The highest BCUT2D eigenvalue weighted by atomic mass is 19.3. The molecule has 0 aromatic heterocycles. The number of carbonyl (C=O) groups excluding carboxylic acids is 1. The fourth-order valence-electron chi connectivity index (χ4n) is 1.25. The van der Waals surface area contributed by atoms with Gasteiger partial charge in [-0.1, -0.05) is 26.0 Å². The molecular formula is C11H12F2O. The van der Waals surface area contributed by atoms with Crippen LogP contribution in [0.25, 0.3) is 0 Å². The van der Waals surface area contributed by atoms with E-state index < -0.39 is 6.43 Å². The highest BCUT2D eigenvalue weighted by Crippen LogP contribution is 2.26. The van der Waals surface area contributed by atoms with E-state index >= 15 is 0 Å². The van der Waals surface area contributed by atoms with E-state index in [-0.39, 0.29) is 17.0 Å². The smallest absolute Gasteiger partial charge is 0.264 e. The van der Waals surface area contributed by atoms with E-state index in [0.717, 1.165) is 5.56 Å². The molecule has 1 aromatic rings. The van der Waals surface area contributed by atoms with Crippen LogP contribution in [0.2, 0.25) is 0 Å². The van der Waals surface area contributed by atoms with Crippen molar-refractivity contribution in [2.45, 2.75) is 26.2 Å². The summed E-state index contributed by atoms with van der Waals surface area (Å²) in [6, 6.07) is 4.56. The van der Waals surface area contributed by atoms with Crippen molar-refractivity contribution in [1.29, 1.82) is 0 Å². The fraction of sp³-hybridized carbons (Fsp3) is 0.364. The second-order valence-electron chi connectivity index (χ2n) is 3.46. The Morgan fingerprint density at radius 3 is 2.36 bits per heavy atom. The molecule has 0 saturated carbocycles. The Labute approximate surface area is 81.7 Å². The Bertz CT molecular complexity index is 332. The first-order chi connectivity index (χ1) is 6.56. The van der Waals surface area contributed by atoms with Crippen molar-refractivity contribution >= 4 is 6.29 Å². The van der Waals surface area contributed by atoms with E-state index in [1.54, 1.807) is 6.07 Å². The van der Waals surface area contributed by atoms with Crippen LogP contribution in [0.3, 0.4) is 0 Å². The number of benzene rings is 1. The van der Waals surface area contributed by atoms with Crippen LogP contribution in [0.15, 0.2) is 18.2 Å². The molecule has 14 heavy (non-hydrogen) atoms. The minimum absolute atomic E-state index is 0.0735. The van der Waals surface area contributed by atoms with Crippen molar-refractivity contribution in [2.75, 3.05) is 0 Å². The van der Waals surface area contributed by atoms with Crippen molar-refractivity contribution in [3.05, 3.63) is 34.9 Å². The molecule has 0 N–H and O–H groups in total. The molecule has 0 fully saturated rings. The van der Waals surface area contributed by atoms with E-state index in [4.69, 9.17) is 0 Å². The Kier molecular flexibility index (Phi) is 3.33. The first-order valence-electron chi connectivity index (χ1n) is 4.43. The van der Waals surface area contributed by atoms with E-state index in [1.165, 1.54) is 12.1 Å². The van der Waals surface area contributed by atoms with Crippen molar-refractivity contribution in [1.82, 2.24) is 0 Å². The van der Waals surface area contributed by atoms with Gasteiger partial charge in [-0.05, 0) is 17.5 Å². The van der Waals surface area contributed by atoms with Gasteiger partial charge in [0.05, 0.1) is 0 Å². The van der Waals surface area contributed by atoms with Crippen molar-refractivity contribution in [3.8, 4) is 0 Å². The fourth-order valence-corrected chi connectivity index (χ4v) is 1.25. The maximum Gasteiger partial charge on any atom is 0.264 e. The molecule has 0 aliphatic carbocycles. The van der Waals surface area contributed by atoms with Gasteiger partial charge in [0.15, 0.2) is 6.29 Å². The maximum absolute atomic E-state index is 12.5. The Morgan fingerprint density at radius 1 is 1.29 bits per heavy atom. The zero-order valence-corrected chi connectivity index (χ0v) is 8.13. The van der Waals surface area contributed by atoms with Gasteiger partial charge < -0.3 is 0 Å². The topological polar surface area (TPSA) is 17.1 Å². The molecule has 3 heteroatoms. The van der Waals surface area contributed by atoms with E-state index in [0.29, 0.717) is 6.29 Å². The van der Waals surface area contributed by atoms with Crippen molar-refractivity contribution in [3.63, 3.8) is 0 Å². The normalized spacial score (nSPS) is 11.0. The molecule has 0 saturated heterocycles. The zero-order valence-electron chi connectivity index (χ0n) is 8.13. The summed E-state index contributed by atoms with van der Waals surface area (Å²) in [4.78, 5) is 10.5. The van der Waals surface area contributed by atoms with E-state index in [2.05, 4.69) is 0 Å². The molecule has 0 radical (unpaired) electrons. The SMILES string of the molecule is CC(C)c1ccc(C=O)c(C(F)F)c1. The number of carbonyl (C=O) groups is 1. The third-order valence-electron chi connectivity index (χ3n) is 2.14. The summed E-state index contributed by atoms with van der Waals surface area (Å²) in [6.07, 6.45) is -2.13. The third-order valence-corrected chi connectivity index (χ3v) is 2.14. The average Bonchev–Trinajstić information content (AvgIpc) is 2.16. The van der Waals surface area contributed by atoms with Gasteiger partial charge in [-0.15, -0.1) is 0 Å². The molecular weight excluding hydrogens is 186 g/mol. The van der Waals surface area contributed by atoms with Crippen LogP contribution in [0.5, 0.6) is 0 Å². The van der Waals surface area contributed by atoms with Gasteiger partial charge in [-0.25, -0.2) is 8.78 Å². The molecule has 1 rings (SSSR count). The first-order valence-corrected chi connectivity index (χ1v) is 4.43. The van der Waals surface area contributed by atoms with Gasteiger partial charge in [0.1, 0.15) is 0 Å². The highest BCUT2D eigenvalue weighted by Gasteiger charge is 2.13. The molecule has 0 aliphatic heterocycles. The van der Waals surface area contributed by atoms with E-state index in [1.807, 2.05) is 13.8 Å². The number of rotatable bonds is 3. The summed E-state index contributed by atoms with van der Waals surface area (Å²) < 4.78 is 25.0. The third kappa shape index (κ3) is 2.16. The average molecular weight is 198 g/mol. The lowest BCUT2D eigenvalue weighted by molar-refractivity contribution is 0.110. The summed E-state index contributed by atoms with van der Waals surface area (Å²) in [6.45, 7) is 3.84. The lowest BCUT2D eigenvalue weighted by Gasteiger charge is -2.09. The van der Waals surface area contributed by atoms with Crippen LogP contribution in [0.1, 0.15) is 47.7 Å². The lowest BCUT2D eigenvalue weighted by Crippen LogP contribution is -1.96. The van der Waals surface area contributed by atoms with Crippen LogP contribution in [0, 0.1) is 0 Å². The predicted octanol–water partition coefficient (Wildman–Crippen LogP) is 3.56. The number of hydrogen-bond acceptors (Lipinski definition) is 1. The van der Waals surface area contributed by atoms with Gasteiger partial charge in [0.25, 0.3) is 6.43 Å². The van der Waals surface area contributed by atoms with Gasteiger partial charge in [-0.2, -0.15) is 0 Å². The predicted molar refractivity (Wildman–Crippen MR) is 50.9 cm³/mol. The monoisotopic (exact) mass is 198 g/mol. The van der Waals surface area contributed by atoms with Gasteiger partial charge >= 0.3 is 0 Å². The number of hydrogen-bond donors (Lipinski definition) is 0. The lowest BCUT2D eigenvalue weighted by atomic mass is 9.98. The van der Waals surface area contributed by atoms with E-state index in [9.17, 15) is 13.6 Å². The minimum atomic E-state index is -2.59. The molecule has 0 spiro atoms. The molecule has 1 aromatic carbocycles. The summed E-state index contributed by atoms with van der Waals surface area (Å²) in [5.41, 5.74) is 0.724. The van der Waals surface area contributed by atoms with Crippen molar-refractivity contribution < 1.29 is 13.6 Å². The minimum Gasteiger partial charge on any atom is -0.298 e. The summed E-state index contributed by atoms with van der Waals surface area (Å²) >= 11 is 0. The van der Waals surface area contributed by atoms with Crippen LogP contribution < -0.4 is 0 Å². The second kappa shape index (κ2) is 4.31. The maximum atomic E-state index is 12.5. The Balaban J connectivity index is 3.20. The van der Waals surface area contributed by atoms with Crippen LogP contribution in [-0.4, -0.2) is 6.29 Å². The Morgan fingerprint density at radius 2 is 1.93 bits per heavy atom. The summed E-state index contributed by atoms with van der Waals surface area (Å²) in [5.74, 6) is 0.188. The van der Waals surface area contributed by atoms with Gasteiger partial charge in [0.2, 0.25) is 0 Å². The van der Waals surface area contributed by atoms with Gasteiger partial charge in [-0.3, -0.25) is 4.79 Å². The number of aldehydes is 1. The quantitative estimate of drug-likeness (QED) is 0.678.